The van der Waals surface area contributed by atoms with E-state index in [1.165, 1.54) is 7.11 Å². The van der Waals surface area contributed by atoms with Crippen molar-refractivity contribution in [2.24, 2.45) is 0 Å². The maximum Gasteiger partial charge on any atom is 0.337 e. The minimum Gasteiger partial charge on any atom is -0.465 e. The Balaban J connectivity index is 2.24. The first-order valence-electron chi connectivity index (χ1n) is 6.80. The SMILES string of the molecule is COC(=O)c1ccc(Nc2cc(Cl)nc(C(C)(C)C)n2)cc1. The van der Waals surface area contributed by atoms with Gasteiger partial charge in [0, 0.05) is 17.2 Å². The van der Waals surface area contributed by atoms with E-state index in [0.29, 0.717) is 22.4 Å². The number of anilines is 2. The molecule has 1 aromatic heterocycles. The number of nitrogens with one attached hydrogen (secondary N) is 1. The maximum atomic E-state index is 11.4. The highest BCUT2D eigenvalue weighted by atomic mass is 35.5. The highest BCUT2D eigenvalue weighted by Gasteiger charge is 2.18. The lowest BCUT2D eigenvalue weighted by atomic mass is 9.96. The van der Waals surface area contributed by atoms with Crippen molar-refractivity contribution in [3.8, 4) is 0 Å². The third-order valence-electron chi connectivity index (χ3n) is 2.94. The summed E-state index contributed by atoms with van der Waals surface area (Å²) in [4.78, 5) is 20.1. The van der Waals surface area contributed by atoms with E-state index in [9.17, 15) is 4.79 Å². The summed E-state index contributed by atoms with van der Waals surface area (Å²) in [5, 5.41) is 3.54. The van der Waals surface area contributed by atoms with Crippen LogP contribution in [0.15, 0.2) is 30.3 Å². The van der Waals surface area contributed by atoms with E-state index in [4.69, 9.17) is 11.6 Å². The normalized spacial score (nSPS) is 11.1. The molecule has 0 unspecified atom stereocenters. The predicted molar refractivity (Wildman–Crippen MR) is 86.8 cm³/mol. The van der Waals surface area contributed by atoms with Crippen LogP contribution in [0.1, 0.15) is 37.0 Å². The monoisotopic (exact) mass is 319 g/mol. The van der Waals surface area contributed by atoms with Crippen LogP contribution in [-0.2, 0) is 10.2 Å². The Bertz CT molecular complexity index is 679. The molecule has 0 saturated carbocycles. The van der Waals surface area contributed by atoms with Crippen molar-refractivity contribution in [1.29, 1.82) is 0 Å². The molecule has 0 aliphatic rings. The third-order valence-corrected chi connectivity index (χ3v) is 3.14. The average Bonchev–Trinajstić information content (AvgIpc) is 2.45. The number of aromatic nitrogens is 2. The molecule has 0 fully saturated rings. The minimum atomic E-state index is -0.369. The Kier molecular flexibility index (Phi) is 4.66. The van der Waals surface area contributed by atoms with Crippen LogP contribution in [0.2, 0.25) is 5.15 Å². The summed E-state index contributed by atoms with van der Waals surface area (Å²) in [6, 6.07) is 8.58. The summed E-state index contributed by atoms with van der Waals surface area (Å²) in [5.41, 5.74) is 1.09. The highest BCUT2D eigenvalue weighted by Crippen LogP contribution is 2.24. The number of hydrogen-bond acceptors (Lipinski definition) is 5. The topological polar surface area (TPSA) is 64.1 Å². The molecule has 5 nitrogen and oxygen atoms in total. The lowest BCUT2D eigenvalue weighted by molar-refractivity contribution is 0.0601. The maximum absolute atomic E-state index is 11.4. The average molecular weight is 320 g/mol. The van der Waals surface area contributed by atoms with Gasteiger partial charge < -0.3 is 10.1 Å². The quantitative estimate of drug-likeness (QED) is 0.685. The van der Waals surface area contributed by atoms with Gasteiger partial charge in [0.25, 0.3) is 0 Å². The second-order valence-electron chi connectivity index (χ2n) is 5.84. The number of ether oxygens (including phenoxy) is 1. The number of benzene rings is 1. The van der Waals surface area contributed by atoms with Crippen molar-refractivity contribution in [1.82, 2.24) is 9.97 Å². The van der Waals surface area contributed by atoms with Crippen molar-refractivity contribution in [2.45, 2.75) is 26.2 Å². The van der Waals surface area contributed by atoms with Crippen LogP contribution >= 0.6 is 11.6 Å². The number of nitrogens with zero attached hydrogens (tertiary/aromatic N) is 2. The van der Waals surface area contributed by atoms with E-state index in [-0.39, 0.29) is 11.4 Å². The van der Waals surface area contributed by atoms with Crippen LogP contribution in [-0.4, -0.2) is 23.0 Å². The molecule has 0 atom stereocenters. The molecular weight excluding hydrogens is 302 g/mol. The zero-order valence-electron chi connectivity index (χ0n) is 13.0. The van der Waals surface area contributed by atoms with Crippen LogP contribution in [0.3, 0.4) is 0 Å². The number of esters is 1. The number of halogens is 1. The van der Waals surface area contributed by atoms with Crippen molar-refractivity contribution in [3.63, 3.8) is 0 Å². The molecule has 0 saturated heterocycles. The van der Waals surface area contributed by atoms with Crippen LogP contribution in [0, 0.1) is 0 Å². The summed E-state index contributed by atoms with van der Waals surface area (Å²) in [6.45, 7) is 6.06. The Hall–Kier alpha value is -2.14. The molecule has 1 N–H and O–H groups in total. The lowest BCUT2D eigenvalue weighted by Gasteiger charge is -2.17. The zero-order chi connectivity index (χ0) is 16.3. The molecule has 2 aromatic rings. The molecule has 116 valence electrons. The number of carbonyl (C=O) groups excluding carboxylic acids is 1. The van der Waals surface area contributed by atoms with Gasteiger partial charge in [-0.1, -0.05) is 32.4 Å². The Morgan fingerprint density at radius 2 is 1.82 bits per heavy atom. The van der Waals surface area contributed by atoms with Crippen molar-refractivity contribution >= 4 is 29.1 Å². The van der Waals surface area contributed by atoms with Gasteiger partial charge in [-0.15, -0.1) is 0 Å². The van der Waals surface area contributed by atoms with Gasteiger partial charge in [-0.3, -0.25) is 0 Å². The van der Waals surface area contributed by atoms with Crippen LogP contribution in [0.4, 0.5) is 11.5 Å². The van der Waals surface area contributed by atoms with Crippen LogP contribution in [0.25, 0.3) is 0 Å². The summed E-state index contributed by atoms with van der Waals surface area (Å²) >= 11 is 6.06. The molecule has 2 rings (SSSR count). The van der Waals surface area contributed by atoms with E-state index >= 15 is 0 Å². The van der Waals surface area contributed by atoms with Crippen LogP contribution in [0.5, 0.6) is 0 Å². The van der Waals surface area contributed by atoms with Gasteiger partial charge in [0.15, 0.2) is 0 Å². The molecule has 0 radical (unpaired) electrons. The molecule has 0 aliphatic heterocycles. The fourth-order valence-corrected chi connectivity index (χ4v) is 1.96. The highest BCUT2D eigenvalue weighted by molar-refractivity contribution is 6.29. The van der Waals surface area contributed by atoms with Crippen molar-refractivity contribution in [2.75, 3.05) is 12.4 Å². The first-order chi connectivity index (χ1) is 10.3. The second-order valence-corrected chi connectivity index (χ2v) is 6.23. The number of methoxy groups -OCH3 is 1. The fourth-order valence-electron chi connectivity index (χ4n) is 1.77. The van der Waals surface area contributed by atoms with Gasteiger partial charge in [0.1, 0.15) is 16.8 Å². The molecule has 0 aliphatic carbocycles. The van der Waals surface area contributed by atoms with E-state index in [1.807, 2.05) is 20.8 Å². The Morgan fingerprint density at radius 1 is 1.18 bits per heavy atom. The number of rotatable bonds is 3. The second kappa shape index (κ2) is 6.32. The Labute approximate surface area is 134 Å². The van der Waals surface area contributed by atoms with Crippen molar-refractivity contribution in [3.05, 3.63) is 46.9 Å². The first-order valence-corrected chi connectivity index (χ1v) is 7.18. The van der Waals surface area contributed by atoms with Gasteiger partial charge >= 0.3 is 5.97 Å². The van der Waals surface area contributed by atoms with E-state index < -0.39 is 0 Å². The molecule has 6 heteroatoms. The first kappa shape index (κ1) is 16.2. The fraction of sp³-hybridized carbons (Fsp3) is 0.312. The van der Waals surface area contributed by atoms with E-state index in [0.717, 1.165) is 5.69 Å². The molecular formula is C16H18ClN3O2. The summed E-state index contributed by atoms with van der Waals surface area (Å²) < 4.78 is 4.67. The Morgan fingerprint density at radius 3 is 2.36 bits per heavy atom. The van der Waals surface area contributed by atoms with Gasteiger partial charge in [-0.25, -0.2) is 14.8 Å². The lowest BCUT2D eigenvalue weighted by Crippen LogP contribution is -2.16. The van der Waals surface area contributed by atoms with Gasteiger partial charge in [-0.2, -0.15) is 0 Å². The predicted octanol–water partition coefficient (Wildman–Crippen LogP) is 3.96. The van der Waals surface area contributed by atoms with E-state index in [1.54, 1.807) is 30.3 Å². The van der Waals surface area contributed by atoms with E-state index in [2.05, 4.69) is 20.0 Å². The van der Waals surface area contributed by atoms with Crippen LogP contribution < -0.4 is 5.32 Å². The third kappa shape index (κ3) is 3.95. The van der Waals surface area contributed by atoms with Crippen molar-refractivity contribution < 1.29 is 9.53 Å². The minimum absolute atomic E-state index is 0.198. The van der Waals surface area contributed by atoms with Gasteiger partial charge in [0.2, 0.25) is 0 Å². The molecule has 0 spiro atoms. The standard InChI is InChI=1S/C16H18ClN3O2/c1-16(2,3)15-19-12(17)9-13(20-15)18-11-7-5-10(6-8-11)14(21)22-4/h5-9H,1-4H3,(H,18,19,20). The molecule has 0 bridgehead atoms. The summed E-state index contributed by atoms with van der Waals surface area (Å²) in [5.74, 6) is 0.899. The number of hydrogen-bond donors (Lipinski definition) is 1. The summed E-state index contributed by atoms with van der Waals surface area (Å²) in [7, 11) is 1.35. The molecule has 0 amide bonds. The largest absolute Gasteiger partial charge is 0.465 e. The number of carbonyl (C=O) groups is 1. The zero-order valence-corrected chi connectivity index (χ0v) is 13.7. The molecule has 22 heavy (non-hydrogen) atoms. The smallest absolute Gasteiger partial charge is 0.337 e. The van der Waals surface area contributed by atoms with Gasteiger partial charge in [-0.05, 0) is 24.3 Å². The molecule has 1 heterocycles. The van der Waals surface area contributed by atoms with Gasteiger partial charge in [0.05, 0.1) is 12.7 Å². The molecule has 1 aromatic carbocycles. The summed E-state index contributed by atoms with van der Waals surface area (Å²) in [6.07, 6.45) is 0.